The third-order valence-corrected chi connectivity index (χ3v) is 5.42. The molecule has 1 aromatic heterocycles. The fraction of sp³-hybridized carbons (Fsp3) is 0.389. The van der Waals surface area contributed by atoms with Crippen molar-refractivity contribution in [2.45, 2.75) is 25.0 Å². The molecule has 1 amide bonds. The van der Waals surface area contributed by atoms with Crippen LogP contribution in [0.2, 0.25) is 0 Å². The number of benzene rings is 1. The third kappa shape index (κ3) is 2.86. The Hall–Kier alpha value is -1.85. The molecular formula is C18H19NO3S. The number of nitrogens with zero attached hydrogens (tertiary/aromatic N) is 1. The van der Waals surface area contributed by atoms with Gasteiger partial charge in [-0.05, 0) is 17.5 Å². The summed E-state index contributed by atoms with van der Waals surface area (Å²) in [6, 6.07) is 11.8. The molecule has 4 rings (SSSR count). The fourth-order valence-corrected chi connectivity index (χ4v) is 4.00. The van der Waals surface area contributed by atoms with E-state index in [2.05, 4.69) is 0 Å². The number of carbonyl (C=O) groups excluding carboxylic acids is 1. The minimum absolute atomic E-state index is 0.0890. The van der Waals surface area contributed by atoms with Gasteiger partial charge in [-0.2, -0.15) is 0 Å². The maximum absolute atomic E-state index is 12.9. The lowest BCUT2D eigenvalue weighted by molar-refractivity contribution is -0.0550. The number of fused-ring (bicyclic) bond motifs is 1. The van der Waals surface area contributed by atoms with Gasteiger partial charge in [-0.15, -0.1) is 11.3 Å². The first-order valence-electron chi connectivity index (χ1n) is 7.93. The molecule has 4 nitrogen and oxygen atoms in total. The van der Waals surface area contributed by atoms with Crippen molar-refractivity contribution in [2.75, 3.05) is 19.8 Å². The van der Waals surface area contributed by atoms with Crippen LogP contribution in [0.4, 0.5) is 0 Å². The van der Waals surface area contributed by atoms with E-state index in [1.807, 2.05) is 46.7 Å². The van der Waals surface area contributed by atoms with Crippen LogP contribution in [0.15, 0.2) is 41.8 Å². The number of hydrogen-bond donors (Lipinski definition) is 0. The SMILES string of the molecule is O=C(c1cccs1)N1Cc2ccccc2OC2(CCOCC2)C1. The van der Waals surface area contributed by atoms with E-state index in [1.54, 1.807) is 0 Å². The van der Waals surface area contributed by atoms with Crippen molar-refractivity contribution in [3.63, 3.8) is 0 Å². The van der Waals surface area contributed by atoms with E-state index in [9.17, 15) is 4.79 Å². The Balaban J connectivity index is 1.70. The molecule has 1 fully saturated rings. The average Bonchev–Trinajstić information content (AvgIpc) is 3.05. The molecule has 3 heterocycles. The Morgan fingerprint density at radius 1 is 1.13 bits per heavy atom. The van der Waals surface area contributed by atoms with Gasteiger partial charge in [-0.3, -0.25) is 4.79 Å². The Kier molecular flexibility index (Phi) is 3.83. The first-order chi connectivity index (χ1) is 11.3. The van der Waals surface area contributed by atoms with Crippen LogP contribution in [0, 0.1) is 0 Å². The molecule has 1 saturated heterocycles. The smallest absolute Gasteiger partial charge is 0.264 e. The third-order valence-electron chi connectivity index (χ3n) is 4.56. The number of carbonyl (C=O) groups is 1. The predicted molar refractivity (Wildman–Crippen MR) is 88.9 cm³/mol. The van der Waals surface area contributed by atoms with Crippen molar-refractivity contribution in [3.05, 3.63) is 52.2 Å². The summed E-state index contributed by atoms with van der Waals surface area (Å²) >= 11 is 1.49. The molecule has 0 atom stereocenters. The lowest BCUT2D eigenvalue weighted by Gasteiger charge is -2.38. The molecule has 2 aliphatic heterocycles. The normalized spacial score (nSPS) is 19.7. The molecule has 0 unspecified atom stereocenters. The average molecular weight is 329 g/mol. The molecule has 2 aliphatic rings. The molecule has 0 radical (unpaired) electrons. The second-order valence-corrected chi connectivity index (χ2v) is 7.09. The first-order valence-corrected chi connectivity index (χ1v) is 8.81. The minimum Gasteiger partial charge on any atom is -0.485 e. The molecule has 2 aromatic rings. The number of thiophene rings is 1. The Morgan fingerprint density at radius 2 is 1.96 bits per heavy atom. The van der Waals surface area contributed by atoms with E-state index < -0.39 is 0 Å². The Bertz CT molecular complexity index is 692. The van der Waals surface area contributed by atoms with E-state index >= 15 is 0 Å². The summed E-state index contributed by atoms with van der Waals surface area (Å²) in [5, 5.41) is 1.94. The summed E-state index contributed by atoms with van der Waals surface area (Å²) in [5.74, 6) is 0.988. The summed E-state index contributed by atoms with van der Waals surface area (Å²) in [4.78, 5) is 15.6. The van der Waals surface area contributed by atoms with Crippen LogP contribution in [0.5, 0.6) is 5.75 Å². The quantitative estimate of drug-likeness (QED) is 0.805. The summed E-state index contributed by atoms with van der Waals surface area (Å²) < 4.78 is 11.9. The van der Waals surface area contributed by atoms with Crippen molar-refractivity contribution >= 4 is 17.2 Å². The maximum atomic E-state index is 12.9. The molecule has 0 aliphatic carbocycles. The van der Waals surface area contributed by atoms with E-state index in [0.717, 1.165) is 29.0 Å². The zero-order valence-corrected chi connectivity index (χ0v) is 13.7. The van der Waals surface area contributed by atoms with Gasteiger partial charge in [-0.25, -0.2) is 0 Å². The summed E-state index contributed by atoms with van der Waals surface area (Å²) in [6.45, 7) is 2.57. The van der Waals surface area contributed by atoms with Crippen molar-refractivity contribution in [1.82, 2.24) is 4.90 Å². The second-order valence-electron chi connectivity index (χ2n) is 6.14. The zero-order chi connectivity index (χ0) is 15.7. The zero-order valence-electron chi connectivity index (χ0n) is 12.9. The van der Waals surface area contributed by atoms with Crippen LogP contribution in [-0.4, -0.2) is 36.2 Å². The highest BCUT2D eigenvalue weighted by atomic mass is 32.1. The van der Waals surface area contributed by atoms with Crippen molar-refractivity contribution in [1.29, 1.82) is 0 Å². The van der Waals surface area contributed by atoms with Gasteiger partial charge >= 0.3 is 0 Å². The largest absolute Gasteiger partial charge is 0.485 e. The summed E-state index contributed by atoms with van der Waals surface area (Å²) in [6.07, 6.45) is 1.63. The highest BCUT2D eigenvalue weighted by molar-refractivity contribution is 7.12. The molecular weight excluding hydrogens is 310 g/mol. The lowest BCUT2D eigenvalue weighted by atomic mass is 9.93. The number of para-hydroxylation sites is 1. The molecule has 1 spiro atoms. The predicted octanol–water partition coefficient (Wildman–Crippen LogP) is 3.33. The van der Waals surface area contributed by atoms with Crippen molar-refractivity contribution < 1.29 is 14.3 Å². The number of rotatable bonds is 1. The highest BCUT2D eigenvalue weighted by Crippen LogP contribution is 2.35. The Morgan fingerprint density at radius 3 is 2.74 bits per heavy atom. The molecule has 0 saturated carbocycles. The number of amides is 1. The first kappa shape index (κ1) is 14.7. The van der Waals surface area contributed by atoms with E-state index in [4.69, 9.17) is 9.47 Å². The fourth-order valence-electron chi connectivity index (χ4n) is 3.31. The molecule has 23 heavy (non-hydrogen) atoms. The van der Waals surface area contributed by atoms with Crippen LogP contribution < -0.4 is 4.74 Å². The monoisotopic (exact) mass is 329 g/mol. The van der Waals surface area contributed by atoms with Gasteiger partial charge in [0.2, 0.25) is 0 Å². The Labute approximate surface area is 139 Å². The van der Waals surface area contributed by atoms with Crippen LogP contribution in [-0.2, 0) is 11.3 Å². The lowest BCUT2D eigenvalue weighted by Crippen LogP contribution is -2.50. The molecule has 0 N–H and O–H groups in total. The van der Waals surface area contributed by atoms with E-state index in [-0.39, 0.29) is 11.5 Å². The van der Waals surface area contributed by atoms with E-state index in [0.29, 0.717) is 26.3 Å². The van der Waals surface area contributed by atoms with E-state index in [1.165, 1.54) is 11.3 Å². The van der Waals surface area contributed by atoms with Gasteiger partial charge in [0.1, 0.15) is 11.4 Å². The second kappa shape index (κ2) is 5.98. The van der Waals surface area contributed by atoms with Gasteiger partial charge in [0, 0.05) is 24.9 Å². The van der Waals surface area contributed by atoms with Gasteiger partial charge in [-0.1, -0.05) is 24.3 Å². The van der Waals surface area contributed by atoms with Gasteiger partial charge in [0.15, 0.2) is 0 Å². The molecule has 0 bridgehead atoms. The van der Waals surface area contributed by atoms with Gasteiger partial charge in [0.25, 0.3) is 5.91 Å². The highest BCUT2D eigenvalue weighted by Gasteiger charge is 2.40. The topological polar surface area (TPSA) is 38.8 Å². The van der Waals surface area contributed by atoms with Crippen LogP contribution >= 0.6 is 11.3 Å². The van der Waals surface area contributed by atoms with Gasteiger partial charge in [0.05, 0.1) is 24.6 Å². The van der Waals surface area contributed by atoms with Crippen LogP contribution in [0.1, 0.15) is 28.1 Å². The molecule has 5 heteroatoms. The summed E-state index contributed by atoms with van der Waals surface area (Å²) in [5.41, 5.74) is 0.735. The van der Waals surface area contributed by atoms with Gasteiger partial charge < -0.3 is 14.4 Å². The molecule has 120 valence electrons. The van der Waals surface area contributed by atoms with Crippen molar-refractivity contribution in [2.24, 2.45) is 0 Å². The number of ether oxygens (including phenoxy) is 2. The molecule has 1 aromatic carbocycles. The number of hydrogen-bond acceptors (Lipinski definition) is 4. The van der Waals surface area contributed by atoms with Crippen LogP contribution in [0.3, 0.4) is 0 Å². The minimum atomic E-state index is -0.336. The maximum Gasteiger partial charge on any atom is 0.264 e. The van der Waals surface area contributed by atoms with Crippen molar-refractivity contribution in [3.8, 4) is 5.75 Å². The summed E-state index contributed by atoms with van der Waals surface area (Å²) in [7, 11) is 0. The standard InChI is InChI=1S/C18H19NO3S/c20-17(16-6-3-11-23-16)19-12-14-4-1-2-5-15(14)22-18(13-19)7-9-21-10-8-18/h1-6,11H,7-10,12-13H2. The van der Waals surface area contributed by atoms with Crippen LogP contribution in [0.25, 0.3) is 0 Å².